The summed E-state index contributed by atoms with van der Waals surface area (Å²) in [5, 5.41) is 0. The lowest BCUT2D eigenvalue weighted by Crippen LogP contribution is -2.39. The summed E-state index contributed by atoms with van der Waals surface area (Å²) in [6, 6.07) is 17.3. The SMILES string of the molecule is COc1ccc(SCC(=O)N(C2CC2)C2CCCc3ccccc32)cc1. The number of benzene rings is 2. The molecular formula is C22H25NO2S. The summed E-state index contributed by atoms with van der Waals surface area (Å²) in [4.78, 5) is 16.4. The van der Waals surface area contributed by atoms with Gasteiger partial charge in [0.15, 0.2) is 0 Å². The summed E-state index contributed by atoms with van der Waals surface area (Å²) in [6.07, 6.45) is 5.70. The van der Waals surface area contributed by atoms with E-state index in [1.165, 1.54) is 17.5 Å². The zero-order valence-electron chi connectivity index (χ0n) is 15.2. The molecule has 0 saturated heterocycles. The number of ether oxygens (including phenoxy) is 1. The van der Waals surface area contributed by atoms with Gasteiger partial charge in [-0.15, -0.1) is 11.8 Å². The molecule has 1 atom stereocenters. The topological polar surface area (TPSA) is 29.5 Å². The van der Waals surface area contributed by atoms with E-state index >= 15 is 0 Å². The molecule has 0 N–H and O–H groups in total. The molecule has 1 amide bonds. The van der Waals surface area contributed by atoms with Crippen LogP contribution in [0.15, 0.2) is 53.4 Å². The normalized spacial score (nSPS) is 18.9. The average Bonchev–Trinajstić information content (AvgIpc) is 3.52. The van der Waals surface area contributed by atoms with Gasteiger partial charge in [0.05, 0.1) is 18.9 Å². The van der Waals surface area contributed by atoms with Crippen LogP contribution in [0.5, 0.6) is 5.75 Å². The van der Waals surface area contributed by atoms with Crippen LogP contribution >= 0.6 is 11.8 Å². The molecule has 0 radical (unpaired) electrons. The Kier molecular flexibility index (Phi) is 5.21. The van der Waals surface area contributed by atoms with Crippen molar-refractivity contribution in [3.05, 3.63) is 59.7 Å². The molecule has 0 heterocycles. The second-order valence-electron chi connectivity index (χ2n) is 7.10. The van der Waals surface area contributed by atoms with Gasteiger partial charge in [0.2, 0.25) is 5.91 Å². The van der Waals surface area contributed by atoms with Gasteiger partial charge in [0.1, 0.15) is 5.75 Å². The van der Waals surface area contributed by atoms with Crippen molar-refractivity contribution in [3.63, 3.8) is 0 Å². The number of hydrogen-bond acceptors (Lipinski definition) is 3. The molecule has 26 heavy (non-hydrogen) atoms. The number of hydrogen-bond donors (Lipinski definition) is 0. The Morgan fingerprint density at radius 2 is 1.88 bits per heavy atom. The predicted molar refractivity (Wildman–Crippen MR) is 106 cm³/mol. The van der Waals surface area contributed by atoms with Crippen LogP contribution in [-0.4, -0.2) is 29.7 Å². The minimum atomic E-state index is 0.261. The third-order valence-corrected chi connectivity index (χ3v) is 6.32. The fourth-order valence-corrected chi connectivity index (χ4v) is 4.66. The smallest absolute Gasteiger partial charge is 0.233 e. The lowest BCUT2D eigenvalue weighted by atomic mass is 9.86. The Hall–Kier alpha value is -1.94. The molecule has 3 nitrogen and oxygen atoms in total. The molecule has 2 aliphatic carbocycles. The van der Waals surface area contributed by atoms with Crippen molar-refractivity contribution in [2.45, 2.75) is 49.1 Å². The summed E-state index contributed by atoms with van der Waals surface area (Å²) in [5.41, 5.74) is 2.79. The van der Waals surface area contributed by atoms with E-state index in [2.05, 4.69) is 29.2 Å². The Bertz CT molecular complexity index is 770. The number of aryl methyl sites for hydroxylation is 1. The summed E-state index contributed by atoms with van der Waals surface area (Å²) in [7, 11) is 1.67. The second kappa shape index (κ2) is 7.75. The number of carbonyl (C=O) groups excluding carboxylic acids is 1. The predicted octanol–water partition coefficient (Wildman–Crippen LogP) is 4.86. The van der Waals surface area contributed by atoms with Gasteiger partial charge in [-0.1, -0.05) is 24.3 Å². The molecule has 0 bridgehead atoms. The first-order valence-electron chi connectivity index (χ1n) is 9.42. The van der Waals surface area contributed by atoms with Crippen LogP contribution in [0.25, 0.3) is 0 Å². The highest BCUT2D eigenvalue weighted by molar-refractivity contribution is 8.00. The molecule has 4 heteroatoms. The third kappa shape index (κ3) is 3.75. The van der Waals surface area contributed by atoms with Crippen LogP contribution in [-0.2, 0) is 11.2 Å². The van der Waals surface area contributed by atoms with Crippen molar-refractivity contribution in [3.8, 4) is 5.75 Å². The van der Waals surface area contributed by atoms with Crippen molar-refractivity contribution in [2.24, 2.45) is 0 Å². The molecular weight excluding hydrogens is 342 g/mol. The van der Waals surface area contributed by atoms with Crippen LogP contribution in [0.4, 0.5) is 0 Å². The maximum atomic E-state index is 13.1. The molecule has 2 aliphatic rings. The minimum absolute atomic E-state index is 0.261. The van der Waals surface area contributed by atoms with E-state index in [1.54, 1.807) is 18.9 Å². The number of thioether (sulfide) groups is 1. The van der Waals surface area contributed by atoms with Crippen LogP contribution in [0.2, 0.25) is 0 Å². The summed E-state index contributed by atoms with van der Waals surface area (Å²) in [5.74, 6) is 1.62. The fraction of sp³-hybridized carbons (Fsp3) is 0.409. The minimum Gasteiger partial charge on any atom is -0.497 e. The molecule has 2 aromatic rings. The van der Waals surface area contributed by atoms with E-state index < -0.39 is 0 Å². The van der Waals surface area contributed by atoms with E-state index in [1.807, 2.05) is 24.3 Å². The Balaban J connectivity index is 1.47. The van der Waals surface area contributed by atoms with Crippen LogP contribution in [0.3, 0.4) is 0 Å². The zero-order valence-corrected chi connectivity index (χ0v) is 16.0. The summed E-state index contributed by atoms with van der Waals surface area (Å²) < 4.78 is 5.20. The molecule has 0 aliphatic heterocycles. The first-order chi connectivity index (χ1) is 12.8. The average molecular weight is 368 g/mol. The van der Waals surface area contributed by atoms with Crippen molar-refractivity contribution in [1.29, 1.82) is 0 Å². The van der Waals surface area contributed by atoms with E-state index in [0.717, 1.165) is 36.3 Å². The Morgan fingerprint density at radius 3 is 2.62 bits per heavy atom. The molecule has 1 fully saturated rings. The first-order valence-corrected chi connectivity index (χ1v) is 10.4. The van der Waals surface area contributed by atoms with Gasteiger partial charge in [-0.3, -0.25) is 4.79 Å². The van der Waals surface area contributed by atoms with E-state index in [0.29, 0.717) is 11.8 Å². The van der Waals surface area contributed by atoms with Crippen molar-refractivity contribution in [1.82, 2.24) is 4.90 Å². The first kappa shape index (κ1) is 17.5. The highest BCUT2D eigenvalue weighted by atomic mass is 32.2. The largest absolute Gasteiger partial charge is 0.497 e. The molecule has 136 valence electrons. The maximum Gasteiger partial charge on any atom is 0.233 e. The van der Waals surface area contributed by atoms with Crippen LogP contribution in [0, 0.1) is 0 Å². The number of methoxy groups -OCH3 is 1. The van der Waals surface area contributed by atoms with Crippen molar-refractivity contribution in [2.75, 3.05) is 12.9 Å². The van der Waals surface area contributed by atoms with Crippen LogP contribution in [0.1, 0.15) is 42.9 Å². The van der Waals surface area contributed by atoms with Gasteiger partial charge >= 0.3 is 0 Å². The Labute approximate surface area is 159 Å². The van der Waals surface area contributed by atoms with Gasteiger partial charge in [-0.25, -0.2) is 0 Å². The molecule has 0 spiro atoms. The second-order valence-corrected chi connectivity index (χ2v) is 8.15. The molecule has 1 unspecified atom stereocenters. The van der Waals surface area contributed by atoms with Crippen LogP contribution < -0.4 is 4.74 Å². The third-order valence-electron chi connectivity index (χ3n) is 5.32. The Morgan fingerprint density at radius 1 is 1.12 bits per heavy atom. The highest BCUT2D eigenvalue weighted by Gasteiger charge is 2.39. The quantitative estimate of drug-likeness (QED) is 0.683. The van der Waals surface area contributed by atoms with E-state index in [4.69, 9.17) is 4.74 Å². The van der Waals surface area contributed by atoms with Gasteiger partial charge in [0, 0.05) is 10.9 Å². The van der Waals surface area contributed by atoms with Crippen molar-refractivity contribution < 1.29 is 9.53 Å². The van der Waals surface area contributed by atoms with Gasteiger partial charge in [-0.2, -0.15) is 0 Å². The zero-order chi connectivity index (χ0) is 17.9. The number of nitrogens with zero attached hydrogens (tertiary/aromatic N) is 1. The van der Waals surface area contributed by atoms with E-state index in [-0.39, 0.29) is 11.9 Å². The number of carbonyl (C=O) groups is 1. The highest BCUT2D eigenvalue weighted by Crippen LogP contribution is 2.41. The van der Waals surface area contributed by atoms with Crippen molar-refractivity contribution >= 4 is 17.7 Å². The van der Waals surface area contributed by atoms with E-state index in [9.17, 15) is 4.79 Å². The van der Waals surface area contributed by atoms with Gasteiger partial charge < -0.3 is 9.64 Å². The summed E-state index contributed by atoms with van der Waals surface area (Å²) in [6.45, 7) is 0. The lowest BCUT2D eigenvalue weighted by Gasteiger charge is -2.36. The standard InChI is InChI=1S/C22H25NO2S/c1-25-18-11-13-19(14-12-18)26-15-22(24)23(17-9-10-17)21-8-4-6-16-5-2-3-7-20(16)21/h2-3,5,7,11-14,17,21H,4,6,8-10,15H2,1H3. The number of fused-ring (bicyclic) bond motifs is 1. The molecule has 1 saturated carbocycles. The molecule has 2 aromatic carbocycles. The maximum absolute atomic E-state index is 13.1. The fourth-order valence-electron chi connectivity index (χ4n) is 3.89. The molecule has 4 rings (SSSR count). The number of rotatable bonds is 6. The molecule has 0 aromatic heterocycles. The van der Waals surface area contributed by atoms with Gasteiger partial charge in [0.25, 0.3) is 0 Å². The van der Waals surface area contributed by atoms with Gasteiger partial charge in [-0.05, 0) is 67.5 Å². The monoisotopic (exact) mass is 367 g/mol. The number of amides is 1. The lowest BCUT2D eigenvalue weighted by molar-refractivity contribution is -0.131. The summed E-state index contributed by atoms with van der Waals surface area (Å²) >= 11 is 1.62.